The maximum Gasteiger partial charge on any atom is 0.180 e. The maximum absolute atomic E-state index is 12.1. The number of rotatable bonds is 4. The summed E-state index contributed by atoms with van der Waals surface area (Å²) in [5.41, 5.74) is 0.527. The topological polar surface area (TPSA) is 64.6 Å². The van der Waals surface area contributed by atoms with Gasteiger partial charge in [0.15, 0.2) is 9.84 Å². The number of benzene rings is 1. The highest BCUT2D eigenvalue weighted by Crippen LogP contribution is 2.33. The van der Waals surface area contributed by atoms with Gasteiger partial charge in [-0.25, -0.2) is 8.42 Å². The molecule has 1 fully saturated rings. The molecule has 0 amide bonds. The van der Waals surface area contributed by atoms with Crippen LogP contribution in [0.4, 0.5) is 0 Å². The first-order valence-corrected chi connectivity index (χ1v) is 8.40. The fourth-order valence-electron chi connectivity index (χ4n) is 2.89. The number of hydrogen-bond acceptors (Lipinski definition) is 5. The van der Waals surface area contributed by atoms with Crippen molar-refractivity contribution in [1.82, 2.24) is 5.32 Å². The van der Waals surface area contributed by atoms with Crippen LogP contribution in [0, 0.1) is 0 Å². The first-order valence-electron chi connectivity index (χ1n) is 6.74. The van der Waals surface area contributed by atoms with Gasteiger partial charge in [0.2, 0.25) is 0 Å². The van der Waals surface area contributed by atoms with Crippen molar-refractivity contribution >= 4 is 9.84 Å². The van der Waals surface area contributed by atoms with Crippen LogP contribution in [-0.4, -0.2) is 46.6 Å². The summed E-state index contributed by atoms with van der Waals surface area (Å²) in [5, 5.41) is 3.34. The highest BCUT2D eigenvalue weighted by molar-refractivity contribution is 7.91. The van der Waals surface area contributed by atoms with Gasteiger partial charge in [0.05, 0.1) is 17.3 Å². The number of ether oxygens (including phenoxy) is 2. The van der Waals surface area contributed by atoms with E-state index >= 15 is 0 Å². The molecule has 2 atom stereocenters. The molecule has 2 aliphatic heterocycles. The van der Waals surface area contributed by atoms with E-state index in [1.54, 1.807) is 19.2 Å². The van der Waals surface area contributed by atoms with E-state index < -0.39 is 9.84 Å². The van der Waals surface area contributed by atoms with Crippen molar-refractivity contribution in [2.24, 2.45) is 0 Å². The van der Waals surface area contributed by atoms with E-state index in [4.69, 9.17) is 9.47 Å². The van der Waals surface area contributed by atoms with E-state index in [0.717, 1.165) is 12.0 Å². The Morgan fingerprint density at radius 3 is 2.95 bits per heavy atom. The van der Waals surface area contributed by atoms with E-state index in [2.05, 4.69) is 5.32 Å². The van der Waals surface area contributed by atoms with Crippen molar-refractivity contribution in [2.45, 2.75) is 23.0 Å². The highest BCUT2D eigenvalue weighted by Gasteiger charge is 2.39. The van der Waals surface area contributed by atoms with E-state index in [1.807, 2.05) is 12.1 Å². The first kappa shape index (κ1) is 14.0. The highest BCUT2D eigenvalue weighted by atomic mass is 32.2. The summed E-state index contributed by atoms with van der Waals surface area (Å²) >= 11 is 0. The van der Waals surface area contributed by atoms with Gasteiger partial charge in [-0.2, -0.15) is 0 Å². The molecule has 0 radical (unpaired) electrons. The molecular formula is C14H19NO4S. The summed E-state index contributed by atoms with van der Waals surface area (Å²) in [6.45, 7) is 1.84. The lowest BCUT2D eigenvalue weighted by molar-refractivity contribution is -0.0171. The fraction of sp³-hybridized carbons (Fsp3) is 0.571. The quantitative estimate of drug-likeness (QED) is 0.895. The average molecular weight is 297 g/mol. The molecule has 5 nitrogen and oxygen atoms in total. The normalized spacial score (nSPS) is 31.4. The van der Waals surface area contributed by atoms with Gasteiger partial charge in [0.1, 0.15) is 5.60 Å². The minimum absolute atomic E-state index is 0.118. The molecule has 1 saturated heterocycles. The SMILES string of the molecule is COC1(CNC2CS(=O)(=O)c3ccccc32)CCOC1. The molecule has 1 N–H and O–H groups in total. The Labute approximate surface area is 119 Å². The molecule has 110 valence electrons. The molecule has 2 aliphatic rings. The van der Waals surface area contributed by atoms with Gasteiger partial charge in [-0.05, 0) is 11.6 Å². The number of fused-ring (bicyclic) bond motifs is 1. The molecule has 2 heterocycles. The average Bonchev–Trinajstić information content (AvgIpc) is 3.01. The summed E-state index contributed by atoms with van der Waals surface area (Å²) in [4.78, 5) is 0.451. The molecular weight excluding hydrogens is 278 g/mol. The van der Waals surface area contributed by atoms with Gasteiger partial charge in [0, 0.05) is 32.7 Å². The van der Waals surface area contributed by atoms with Crippen LogP contribution in [0.3, 0.4) is 0 Å². The first-order chi connectivity index (χ1) is 9.56. The Morgan fingerprint density at radius 2 is 2.25 bits per heavy atom. The Kier molecular flexibility index (Phi) is 3.58. The van der Waals surface area contributed by atoms with Gasteiger partial charge < -0.3 is 14.8 Å². The lowest BCUT2D eigenvalue weighted by Crippen LogP contribution is -2.44. The predicted molar refractivity (Wildman–Crippen MR) is 74.4 cm³/mol. The Bertz CT molecular complexity index is 593. The Balaban J connectivity index is 1.77. The second-order valence-electron chi connectivity index (χ2n) is 5.44. The largest absolute Gasteiger partial charge is 0.378 e. The zero-order chi connectivity index (χ0) is 14.2. The van der Waals surface area contributed by atoms with Crippen molar-refractivity contribution in [2.75, 3.05) is 32.6 Å². The second kappa shape index (κ2) is 5.11. The van der Waals surface area contributed by atoms with Crippen LogP contribution in [0.25, 0.3) is 0 Å². The van der Waals surface area contributed by atoms with E-state index in [0.29, 0.717) is 24.7 Å². The molecule has 0 saturated carbocycles. The third kappa shape index (κ3) is 2.37. The van der Waals surface area contributed by atoms with Crippen LogP contribution in [0.1, 0.15) is 18.0 Å². The van der Waals surface area contributed by atoms with Gasteiger partial charge in [-0.3, -0.25) is 0 Å². The summed E-state index contributed by atoms with van der Waals surface area (Å²) in [6, 6.07) is 7.03. The molecule has 0 aliphatic carbocycles. The van der Waals surface area contributed by atoms with E-state index in [1.165, 1.54) is 0 Å². The molecule has 20 heavy (non-hydrogen) atoms. The number of hydrogen-bond donors (Lipinski definition) is 1. The summed E-state index contributed by atoms with van der Waals surface area (Å²) < 4.78 is 35.2. The number of nitrogens with one attached hydrogen (secondary N) is 1. The van der Waals surface area contributed by atoms with Gasteiger partial charge in [-0.15, -0.1) is 0 Å². The number of methoxy groups -OCH3 is 1. The predicted octanol–water partition coefficient (Wildman–Crippen LogP) is 0.910. The summed E-state index contributed by atoms with van der Waals surface area (Å²) in [5.74, 6) is 0.118. The lowest BCUT2D eigenvalue weighted by Gasteiger charge is -2.27. The Morgan fingerprint density at radius 1 is 1.45 bits per heavy atom. The van der Waals surface area contributed by atoms with Crippen LogP contribution in [0.5, 0.6) is 0 Å². The number of sulfone groups is 1. The summed E-state index contributed by atoms with van der Waals surface area (Å²) in [7, 11) is -1.49. The van der Waals surface area contributed by atoms with Crippen molar-refractivity contribution in [3.05, 3.63) is 29.8 Å². The van der Waals surface area contributed by atoms with Crippen LogP contribution in [0.2, 0.25) is 0 Å². The van der Waals surface area contributed by atoms with Crippen LogP contribution < -0.4 is 5.32 Å². The lowest BCUT2D eigenvalue weighted by atomic mass is 10.0. The van der Waals surface area contributed by atoms with Gasteiger partial charge >= 0.3 is 0 Å². The molecule has 0 aromatic heterocycles. The molecule has 0 spiro atoms. The van der Waals surface area contributed by atoms with E-state index in [9.17, 15) is 8.42 Å². The monoisotopic (exact) mass is 297 g/mol. The Hall–Kier alpha value is -0.950. The summed E-state index contributed by atoms with van der Waals surface area (Å²) in [6.07, 6.45) is 0.831. The molecule has 6 heteroatoms. The smallest absolute Gasteiger partial charge is 0.180 e. The van der Waals surface area contributed by atoms with Gasteiger partial charge in [0.25, 0.3) is 0 Å². The molecule has 2 unspecified atom stereocenters. The second-order valence-corrected chi connectivity index (χ2v) is 7.45. The molecule has 0 bridgehead atoms. The minimum Gasteiger partial charge on any atom is -0.378 e. The third-order valence-corrected chi connectivity index (χ3v) is 6.00. The van der Waals surface area contributed by atoms with Crippen molar-refractivity contribution in [3.63, 3.8) is 0 Å². The van der Waals surface area contributed by atoms with Crippen molar-refractivity contribution in [3.8, 4) is 0 Å². The zero-order valence-electron chi connectivity index (χ0n) is 11.5. The van der Waals surface area contributed by atoms with Crippen LogP contribution in [-0.2, 0) is 19.3 Å². The maximum atomic E-state index is 12.1. The van der Waals surface area contributed by atoms with Crippen LogP contribution >= 0.6 is 0 Å². The third-order valence-electron chi connectivity index (χ3n) is 4.19. The standard InChI is InChI=1S/C14H19NO4S/c1-18-14(6-7-19-10-14)9-15-12-8-20(16,17)13-5-3-2-4-11(12)13/h2-5,12,15H,6-10H2,1H3. The molecule has 1 aromatic rings. The van der Waals surface area contributed by atoms with Crippen molar-refractivity contribution < 1.29 is 17.9 Å². The minimum atomic E-state index is -3.16. The van der Waals surface area contributed by atoms with E-state index in [-0.39, 0.29) is 17.4 Å². The fourth-order valence-corrected chi connectivity index (χ4v) is 4.66. The zero-order valence-corrected chi connectivity index (χ0v) is 12.3. The molecule has 1 aromatic carbocycles. The van der Waals surface area contributed by atoms with Crippen molar-refractivity contribution in [1.29, 1.82) is 0 Å². The van der Waals surface area contributed by atoms with Crippen LogP contribution in [0.15, 0.2) is 29.2 Å². The van der Waals surface area contributed by atoms with Gasteiger partial charge in [-0.1, -0.05) is 18.2 Å². The molecule has 3 rings (SSSR count).